The van der Waals surface area contributed by atoms with Gasteiger partial charge in [-0.05, 0) is 70.6 Å². The van der Waals surface area contributed by atoms with Crippen LogP contribution in [0.4, 0.5) is 5.69 Å². The molecule has 0 aliphatic rings. The second-order valence-electron chi connectivity index (χ2n) is 12.2. The number of nitrogens with one attached hydrogen (secondary N) is 2. The summed E-state index contributed by atoms with van der Waals surface area (Å²) in [6.07, 6.45) is -0.416. The average molecular weight is 683 g/mol. The molecule has 0 aromatic heterocycles. The van der Waals surface area contributed by atoms with E-state index in [4.69, 9.17) is 16.3 Å². The predicted octanol–water partition coefficient (Wildman–Crippen LogP) is 8.84. The first kappa shape index (κ1) is 34.2. The highest BCUT2D eigenvalue weighted by Crippen LogP contribution is 2.34. The molecule has 48 heavy (non-hydrogen) atoms. The number of rotatable bonds is 11. The van der Waals surface area contributed by atoms with Crippen LogP contribution in [0.1, 0.15) is 54.7 Å². The zero-order chi connectivity index (χ0) is 34.5. The van der Waals surface area contributed by atoms with Crippen molar-refractivity contribution in [2.75, 3.05) is 4.72 Å². The third kappa shape index (κ3) is 8.42. The summed E-state index contributed by atoms with van der Waals surface area (Å²) in [7, 11) is -4.08. The van der Waals surface area contributed by atoms with Gasteiger partial charge in [0, 0.05) is 10.6 Å². The number of hydrogen-bond donors (Lipinski definition) is 3. The summed E-state index contributed by atoms with van der Waals surface area (Å²) < 4.78 is 35.2. The molecule has 0 bridgehead atoms. The molecule has 0 aliphatic heterocycles. The average Bonchev–Trinajstić information content (AvgIpc) is 3.05. The van der Waals surface area contributed by atoms with E-state index in [0.717, 1.165) is 16.7 Å². The molecule has 0 saturated carbocycles. The van der Waals surface area contributed by atoms with Gasteiger partial charge < -0.3 is 15.2 Å². The molecule has 246 valence electrons. The quantitative estimate of drug-likeness (QED) is 0.128. The van der Waals surface area contributed by atoms with E-state index in [1.165, 1.54) is 30.3 Å². The van der Waals surface area contributed by atoms with Crippen LogP contribution in [0.15, 0.2) is 126 Å². The number of amides is 1. The van der Waals surface area contributed by atoms with Crippen LogP contribution in [-0.2, 0) is 20.2 Å². The number of para-hydroxylation sites is 2. The van der Waals surface area contributed by atoms with Gasteiger partial charge in [-0.1, -0.05) is 105 Å². The number of benzene rings is 5. The van der Waals surface area contributed by atoms with E-state index in [1.807, 2.05) is 87.5 Å². The summed E-state index contributed by atoms with van der Waals surface area (Å²) in [5.74, 6) is -0.494. The Kier molecular flexibility index (Phi) is 10.2. The highest BCUT2D eigenvalue weighted by molar-refractivity contribution is 7.92. The number of aliphatic carboxylic acids is 1. The first-order chi connectivity index (χ1) is 22.8. The fourth-order valence-electron chi connectivity index (χ4n) is 5.10. The lowest BCUT2D eigenvalue weighted by Crippen LogP contribution is -2.31. The standard InChI is InChI=1S/C38H35ClN2O6S/c1-38(2,3)27-17-20-30(21-18-27)48(45,46)41-33-22-19-28(39)23-32(33)37(44)40-34(24-36(42)43)26-15-13-25(14-16-26)31-11-7-8-12-35(31)47-29-9-5-4-6-10-29/h4-23,34,41H,24H2,1-3H3,(H,40,44)(H,42,43). The summed E-state index contributed by atoms with van der Waals surface area (Å²) in [6.45, 7) is 6.08. The number of anilines is 1. The van der Waals surface area contributed by atoms with Crippen LogP contribution in [-0.4, -0.2) is 25.4 Å². The molecule has 5 aromatic rings. The number of carbonyl (C=O) groups excluding carboxylic acids is 1. The van der Waals surface area contributed by atoms with E-state index in [9.17, 15) is 23.1 Å². The lowest BCUT2D eigenvalue weighted by Gasteiger charge is -2.20. The van der Waals surface area contributed by atoms with E-state index >= 15 is 0 Å². The second-order valence-corrected chi connectivity index (χ2v) is 14.3. The number of carbonyl (C=O) groups is 2. The Balaban J connectivity index is 1.39. The molecule has 0 aliphatic carbocycles. The van der Waals surface area contributed by atoms with Gasteiger partial charge in [-0.3, -0.25) is 14.3 Å². The van der Waals surface area contributed by atoms with Gasteiger partial charge in [-0.2, -0.15) is 0 Å². The van der Waals surface area contributed by atoms with Crippen molar-refractivity contribution in [3.05, 3.63) is 143 Å². The van der Waals surface area contributed by atoms with Crippen LogP contribution >= 0.6 is 11.6 Å². The molecule has 0 heterocycles. The highest BCUT2D eigenvalue weighted by atomic mass is 35.5. The third-order valence-electron chi connectivity index (χ3n) is 7.67. The van der Waals surface area contributed by atoms with Gasteiger partial charge in [-0.15, -0.1) is 0 Å². The Morgan fingerprint density at radius 2 is 1.48 bits per heavy atom. The number of hydrogen-bond acceptors (Lipinski definition) is 5. The fourth-order valence-corrected chi connectivity index (χ4v) is 6.35. The van der Waals surface area contributed by atoms with Gasteiger partial charge in [0.05, 0.1) is 28.6 Å². The molecule has 1 amide bonds. The minimum atomic E-state index is -4.08. The molecule has 5 rings (SSSR count). The van der Waals surface area contributed by atoms with Gasteiger partial charge in [0.15, 0.2) is 0 Å². The molecular weight excluding hydrogens is 648 g/mol. The summed E-state index contributed by atoms with van der Waals surface area (Å²) in [5, 5.41) is 12.7. The molecule has 5 aromatic carbocycles. The molecule has 1 unspecified atom stereocenters. The monoisotopic (exact) mass is 682 g/mol. The number of carboxylic acid groups (broad SMARTS) is 1. The number of ether oxygens (including phenoxy) is 1. The lowest BCUT2D eigenvalue weighted by molar-refractivity contribution is -0.137. The topological polar surface area (TPSA) is 122 Å². The molecule has 1 atom stereocenters. The molecule has 3 N–H and O–H groups in total. The van der Waals surface area contributed by atoms with Crippen LogP contribution < -0.4 is 14.8 Å². The molecule has 8 nitrogen and oxygen atoms in total. The number of sulfonamides is 1. The summed E-state index contributed by atoms with van der Waals surface area (Å²) in [5.41, 5.74) is 2.94. The molecule has 0 fully saturated rings. The molecule has 0 spiro atoms. The summed E-state index contributed by atoms with van der Waals surface area (Å²) in [4.78, 5) is 25.6. The highest BCUT2D eigenvalue weighted by Gasteiger charge is 2.24. The Morgan fingerprint density at radius 1 is 0.833 bits per heavy atom. The van der Waals surface area contributed by atoms with Crippen molar-refractivity contribution >= 4 is 39.2 Å². The van der Waals surface area contributed by atoms with E-state index in [-0.39, 0.29) is 26.6 Å². The van der Waals surface area contributed by atoms with Gasteiger partial charge in [0.1, 0.15) is 11.5 Å². The zero-order valence-corrected chi connectivity index (χ0v) is 28.2. The van der Waals surface area contributed by atoms with E-state index < -0.39 is 34.4 Å². The van der Waals surface area contributed by atoms with Crippen molar-refractivity contribution in [3.8, 4) is 22.6 Å². The lowest BCUT2D eigenvalue weighted by atomic mass is 9.87. The Morgan fingerprint density at radius 3 is 2.12 bits per heavy atom. The van der Waals surface area contributed by atoms with Crippen molar-refractivity contribution in [2.45, 2.75) is 43.5 Å². The molecule has 10 heteroatoms. The van der Waals surface area contributed by atoms with Crippen molar-refractivity contribution in [1.82, 2.24) is 5.32 Å². The van der Waals surface area contributed by atoms with Crippen LogP contribution in [0.5, 0.6) is 11.5 Å². The second kappa shape index (κ2) is 14.3. The summed E-state index contributed by atoms with van der Waals surface area (Å²) in [6, 6.07) is 33.9. The Labute approximate surface area is 285 Å². The number of carboxylic acids is 1. The van der Waals surface area contributed by atoms with Gasteiger partial charge in [-0.25, -0.2) is 8.42 Å². The van der Waals surface area contributed by atoms with Crippen LogP contribution in [0.2, 0.25) is 5.02 Å². The minimum absolute atomic E-state index is 0.00348. The van der Waals surface area contributed by atoms with E-state index in [2.05, 4.69) is 10.0 Å². The van der Waals surface area contributed by atoms with E-state index in [0.29, 0.717) is 17.1 Å². The Hall–Kier alpha value is -5.12. The SMILES string of the molecule is CC(C)(C)c1ccc(S(=O)(=O)Nc2ccc(Cl)cc2C(=O)NC(CC(=O)O)c2ccc(-c3ccccc3Oc3ccccc3)cc2)cc1. The first-order valence-corrected chi connectivity index (χ1v) is 17.0. The number of halogens is 1. The maximum Gasteiger partial charge on any atom is 0.305 e. The maximum atomic E-state index is 13.7. The van der Waals surface area contributed by atoms with Crippen molar-refractivity contribution in [2.24, 2.45) is 0 Å². The zero-order valence-electron chi connectivity index (χ0n) is 26.6. The molecule has 0 radical (unpaired) electrons. The van der Waals surface area contributed by atoms with Crippen LogP contribution in [0.25, 0.3) is 11.1 Å². The van der Waals surface area contributed by atoms with Gasteiger partial charge in [0.2, 0.25) is 0 Å². The third-order valence-corrected chi connectivity index (χ3v) is 9.28. The summed E-state index contributed by atoms with van der Waals surface area (Å²) >= 11 is 6.22. The van der Waals surface area contributed by atoms with Crippen LogP contribution in [0.3, 0.4) is 0 Å². The fraction of sp³-hybridized carbons (Fsp3) is 0.158. The van der Waals surface area contributed by atoms with Crippen molar-refractivity contribution < 1.29 is 27.9 Å². The smallest absolute Gasteiger partial charge is 0.305 e. The predicted molar refractivity (Wildman–Crippen MR) is 188 cm³/mol. The minimum Gasteiger partial charge on any atom is -0.481 e. The maximum absolute atomic E-state index is 13.7. The van der Waals surface area contributed by atoms with Crippen molar-refractivity contribution in [3.63, 3.8) is 0 Å². The Bertz CT molecular complexity index is 2030. The largest absolute Gasteiger partial charge is 0.481 e. The normalized spacial score (nSPS) is 12.2. The molecular formula is C38H35ClN2O6S. The molecule has 0 saturated heterocycles. The van der Waals surface area contributed by atoms with Crippen molar-refractivity contribution in [1.29, 1.82) is 0 Å². The van der Waals surface area contributed by atoms with Gasteiger partial charge in [0.25, 0.3) is 15.9 Å². The van der Waals surface area contributed by atoms with Gasteiger partial charge >= 0.3 is 5.97 Å². The van der Waals surface area contributed by atoms with Crippen LogP contribution in [0, 0.1) is 0 Å². The first-order valence-electron chi connectivity index (χ1n) is 15.2. The van der Waals surface area contributed by atoms with E-state index in [1.54, 1.807) is 24.3 Å².